The zero-order valence-corrected chi connectivity index (χ0v) is 11.9. The normalized spacial score (nSPS) is 10.3. The number of nitrogens with two attached hydrogens (primary N) is 1. The maximum Gasteiger partial charge on any atom is 0.126 e. The first-order valence-electron chi connectivity index (χ1n) is 5.28. The molecule has 6 heteroatoms. The first-order chi connectivity index (χ1) is 8.95. The minimum Gasteiger partial charge on any atom is -0.389 e. The van der Waals surface area contributed by atoms with Gasteiger partial charge < -0.3 is 11.1 Å². The zero-order chi connectivity index (χ0) is 14.0. The average molecular weight is 315 g/mol. The fourth-order valence-electron chi connectivity index (χ4n) is 1.62. The molecule has 0 aliphatic heterocycles. The van der Waals surface area contributed by atoms with Crippen molar-refractivity contribution in [2.75, 3.05) is 5.32 Å². The van der Waals surface area contributed by atoms with Crippen molar-refractivity contribution in [3.05, 3.63) is 57.8 Å². The van der Waals surface area contributed by atoms with Gasteiger partial charge in [-0.3, -0.25) is 0 Å². The third-order valence-electron chi connectivity index (χ3n) is 2.39. The molecule has 3 N–H and O–H groups in total. The number of hydrogen-bond donors (Lipinski definition) is 2. The molecular formula is C13H9Cl2FN2S. The molecule has 98 valence electrons. The Hall–Kier alpha value is -1.36. The van der Waals surface area contributed by atoms with Crippen LogP contribution in [0.5, 0.6) is 0 Å². The number of hydrogen-bond acceptors (Lipinski definition) is 2. The molecule has 2 rings (SSSR count). The van der Waals surface area contributed by atoms with E-state index in [0.717, 1.165) is 0 Å². The van der Waals surface area contributed by atoms with Gasteiger partial charge in [0.25, 0.3) is 0 Å². The van der Waals surface area contributed by atoms with Crippen LogP contribution >= 0.6 is 35.4 Å². The Labute approximate surface area is 125 Å². The molecule has 0 aliphatic carbocycles. The molecule has 0 aromatic heterocycles. The van der Waals surface area contributed by atoms with Crippen LogP contribution in [0.1, 0.15) is 5.56 Å². The van der Waals surface area contributed by atoms with E-state index in [0.29, 0.717) is 27.0 Å². The molecule has 0 saturated carbocycles. The number of rotatable bonds is 3. The number of nitrogens with one attached hydrogen (secondary N) is 1. The molecule has 0 fully saturated rings. The van der Waals surface area contributed by atoms with Crippen LogP contribution in [0.2, 0.25) is 10.0 Å². The summed E-state index contributed by atoms with van der Waals surface area (Å²) in [4.78, 5) is 0.224. The van der Waals surface area contributed by atoms with E-state index in [1.54, 1.807) is 24.3 Å². The van der Waals surface area contributed by atoms with Gasteiger partial charge in [0.2, 0.25) is 0 Å². The van der Waals surface area contributed by atoms with Gasteiger partial charge in [-0.15, -0.1) is 0 Å². The molecule has 0 bridgehead atoms. The monoisotopic (exact) mass is 314 g/mol. The van der Waals surface area contributed by atoms with Gasteiger partial charge in [-0.1, -0.05) is 35.4 Å². The van der Waals surface area contributed by atoms with Crippen LogP contribution in [-0.2, 0) is 0 Å². The van der Waals surface area contributed by atoms with Crippen molar-refractivity contribution in [2.24, 2.45) is 5.73 Å². The van der Waals surface area contributed by atoms with Crippen LogP contribution < -0.4 is 11.1 Å². The second-order valence-electron chi connectivity index (χ2n) is 3.84. The maximum atomic E-state index is 13.3. The smallest absolute Gasteiger partial charge is 0.126 e. The van der Waals surface area contributed by atoms with Gasteiger partial charge >= 0.3 is 0 Å². The van der Waals surface area contributed by atoms with Crippen molar-refractivity contribution >= 4 is 51.8 Å². The van der Waals surface area contributed by atoms with Crippen molar-refractivity contribution in [2.45, 2.75) is 0 Å². The molecule has 0 radical (unpaired) electrons. The summed E-state index contributed by atoms with van der Waals surface area (Å²) in [5, 5.41) is 3.81. The van der Waals surface area contributed by atoms with Crippen molar-refractivity contribution in [3.63, 3.8) is 0 Å². The standard InChI is InChI=1S/C13H9Cl2FN2S/c14-7-1-2-11(13(17)19)12(5-7)18-10-4-8(15)3-9(16)6-10/h1-6,18H,(H2,17,19). The van der Waals surface area contributed by atoms with Crippen molar-refractivity contribution in [3.8, 4) is 0 Å². The average Bonchev–Trinajstić information content (AvgIpc) is 2.26. The summed E-state index contributed by atoms with van der Waals surface area (Å²) < 4.78 is 13.3. The lowest BCUT2D eigenvalue weighted by Crippen LogP contribution is -2.11. The predicted octanol–water partition coefficient (Wildman–Crippen LogP) is 4.51. The quantitative estimate of drug-likeness (QED) is 0.819. The van der Waals surface area contributed by atoms with E-state index >= 15 is 0 Å². The lowest BCUT2D eigenvalue weighted by Gasteiger charge is -2.12. The predicted molar refractivity (Wildman–Crippen MR) is 82.0 cm³/mol. The maximum absolute atomic E-state index is 13.3. The molecule has 0 unspecified atom stereocenters. The molecule has 19 heavy (non-hydrogen) atoms. The van der Waals surface area contributed by atoms with Gasteiger partial charge in [0.05, 0.1) is 5.69 Å². The Morgan fingerprint density at radius 1 is 1.11 bits per heavy atom. The van der Waals surface area contributed by atoms with E-state index in [1.165, 1.54) is 12.1 Å². The van der Waals surface area contributed by atoms with Gasteiger partial charge in [0, 0.05) is 21.3 Å². The molecule has 0 heterocycles. The van der Waals surface area contributed by atoms with Crippen molar-refractivity contribution < 1.29 is 4.39 Å². The minimum absolute atomic E-state index is 0.224. The van der Waals surface area contributed by atoms with Gasteiger partial charge in [0.1, 0.15) is 10.8 Å². The molecule has 0 atom stereocenters. The highest BCUT2D eigenvalue weighted by atomic mass is 35.5. The summed E-state index contributed by atoms with van der Waals surface area (Å²) in [5.41, 5.74) is 7.34. The van der Waals surface area contributed by atoms with Crippen LogP contribution in [0.25, 0.3) is 0 Å². The van der Waals surface area contributed by atoms with E-state index in [-0.39, 0.29) is 4.99 Å². The summed E-state index contributed by atoms with van der Waals surface area (Å²) in [6.07, 6.45) is 0. The highest BCUT2D eigenvalue weighted by Crippen LogP contribution is 2.27. The Morgan fingerprint density at radius 2 is 1.84 bits per heavy atom. The Morgan fingerprint density at radius 3 is 2.47 bits per heavy atom. The van der Waals surface area contributed by atoms with Crippen LogP contribution in [0.3, 0.4) is 0 Å². The number of benzene rings is 2. The minimum atomic E-state index is -0.436. The van der Waals surface area contributed by atoms with E-state index < -0.39 is 5.82 Å². The first-order valence-corrected chi connectivity index (χ1v) is 6.44. The molecule has 0 aliphatic rings. The topological polar surface area (TPSA) is 38.0 Å². The summed E-state index contributed by atoms with van der Waals surface area (Å²) in [6.45, 7) is 0. The van der Waals surface area contributed by atoms with Crippen molar-refractivity contribution in [1.82, 2.24) is 0 Å². The number of halogens is 3. The molecular weight excluding hydrogens is 306 g/mol. The Balaban J connectivity index is 2.42. The molecule has 0 spiro atoms. The molecule has 0 saturated heterocycles. The first kappa shape index (κ1) is 14.1. The van der Waals surface area contributed by atoms with Gasteiger partial charge in [0.15, 0.2) is 0 Å². The third kappa shape index (κ3) is 3.56. The summed E-state index contributed by atoms with van der Waals surface area (Å²) >= 11 is 16.7. The van der Waals surface area contributed by atoms with Crippen LogP contribution in [-0.4, -0.2) is 4.99 Å². The summed E-state index contributed by atoms with van der Waals surface area (Å²) in [6, 6.07) is 9.17. The van der Waals surface area contributed by atoms with E-state index in [2.05, 4.69) is 5.32 Å². The second kappa shape index (κ2) is 5.74. The van der Waals surface area contributed by atoms with Crippen LogP contribution in [0.4, 0.5) is 15.8 Å². The van der Waals surface area contributed by atoms with E-state index in [9.17, 15) is 4.39 Å². The third-order valence-corrected chi connectivity index (χ3v) is 3.06. The van der Waals surface area contributed by atoms with Crippen molar-refractivity contribution in [1.29, 1.82) is 0 Å². The molecule has 2 nitrogen and oxygen atoms in total. The second-order valence-corrected chi connectivity index (χ2v) is 5.15. The lowest BCUT2D eigenvalue weighted by atomic mass is 10.1. The van der Waals surface area contributed by atoms with Gasteiger partial charge in [-0.05, 0) is 36.4 Å². The van der Waals surface area contributed by atoms with Crippen LogP contribution in [0.15, 0.2) is 36.4 Å². The van der Waals surface area contributed by atoms with E-state index in [4.69, 9.17) is 41.2 Å². The Bertz CT molecular complexity index is 626. The summed E-state index contributed by atoms with van der Waals surface area (Å²) in [7, 11) is 0. The van der Waals surface area contributed by atoms with Gasteiger partial charge in [-0.25, -0.2) is 4.39 Å². The zero-order valence-electron chi connectivity index (χ0n) is 9.58. The SMILES string of the molecule is NC(=S)c1ccc(Cl)cc1Nc1cc(F)cc(Cl)c1. The van der Waals surface area contributed by atoms with Crippen LogP contribution in [0, 0.1) is 5.82 Å². The lowest BCUT2D eigenvalue weighted by molar-refractivity contribution is 0.628. The Kier molecular flexibility index (Phi) is 4.24. The highest BCUT2D eigenvalue weighted by molar-refractivity contribution is 7.80. The molecule has 2 aromatic rings. The highest BCUT2D eigenvalue weighted by Gasteiger charge is 2.07. The number of anilines is 2. The summed E-state index contributed by atoms with van der Waals surface area (Å²) in [5.74, 6) is -0.436. The number of thiocarbonyl (C=S) groups is 1. The molecule has 2 aromatic carbocycles. The van der Waals surface area contributed by atoms with E-state index in [1.807, 2.05) is 0 Å². The van der Waals surface area contributed by atoms with Gasteiger partial charge in [-0.2, -0.15) is 0 Å². The fraction of sp³-hybridized carbons (Fsp3) is 0. The largest absolute Gasteiger partial charge is 0.389 e. The molecule has 0 amide bonds. The fourth-order valence-corrected chi connectivity index (χ4v) is 2.19.